The molecule has 2 heterocycles. The summed E-state index contributed by atoms with van der Waals surface area (Å²) in [5.74, 6) is -0.396. The van der Waals surface area contributed by atoms with Crippen LogP contribution in [0.1, 0.15) is 15.9 Å². The first-order valence-corrected chi connectivity index (χ1v) is 8.87. The van der Waals surface area contributed by atoms with E-state index in [9.17, 15) is 13.2 Å². The molecule has 1 aliphatic heterocycles. The maximum absolute atomic E-state index is 12.6. The first-order chi connectivity index (χ1) is 11.4. The molecule has 0 unspecified atom stereocenters. The molecule has 0 spiro atoms. The van der Waals surface area contributed by atoms with Crippen molar-refractivity contribution in [1.29, 1.82) is 0 Å². The van der Waals surface area contributed by atoms with Crippen molar-refractivity contribution in [3.05, 3.63) is 52.7 Å². The molecule has 1 aromatic heterocycles. The first-order valence-electron chi connectivity index (χ1n) is 7.01. The molecule has 0 radical (unpaired) electrons. The number of rotatable bonds is 2. The van der Waals surface area contributed by atoms with Gasteiger partial charge in [0.05, 0.1) is 22.2 Å². The normalized spacial score (nSPS) is 15.4. The van der Waals surface area contributed by atoms with Gasteiger partial charge in [0, 0.05) is 22.6 Å². The minimum Gasteiger partial charge on any atom is -0.322 e. The zero-order chi connectivity index (χ0) is 16.9. The van der Waals surface area contributed by atoms with E-state index < -0.39 is 15.9 Å². The summed E-state index contributed by atoms with van der Waals surface area (Å²) in [4.78, 5) is 12.7. The summed E-state index contributed by atoms with van der Waals surface area (Å²) < 4.78 is 26.2. The van der Waals surface area contributed by atoms with Crippen LogP contribution in [0.2, 0.25) is 5.02 Å². The van der Waals surface area contributed by atoms with Crippen LogP contribution >= 0.6 is 11.6 Å². The molecule has 9 heteroatoms. The number of nitrogens with zero attached hydrogens (tertiary/aromatic N) is 1. The maximum atomic E-state index is 12.6. The molecule has 1 amide bonds. The summed E-state index contributed by atoms with van der Waals surface area (Å²) in [5, 5.41) is 10.4. The Bertz CT molecular complexity index is 1090. The van der Waals surface area contributed by atoms with Gasteiger partial charge in [-0.2, -0.15) is 5.10 Å². The van der Waals surface area contributed by atoms with E-state index in [1.54, 1.807) is 24.3 Å². The number of benzene rings is 2. The Kier molecular flexibility index (Phi) is 3.34. The second kappa shape index (κ2) is 5.30. The van der Waals surface area contributed by atoms with Crippen molar-refractivity contribution < 1.29 is 13.2 Å². The van der Waals surface area contributed by atoms with Crippen LogP contribution in [-0.4, -0.2) is 24.5 Å². The Balaban J connectivity index is 1.71. The Labute approximate surface area is 142 Å². The van der Waals surface area contributed by atoms with Gasteiger partial charge < -0.3 is 5.32 Å². The van der Waals surface area contributed by atoms with E-state index in [1.807, 2.05) is 0 Å². The molecule has 7 nitrogen and oxygen atoms in total. The average molecular weight is 363 g/mol. The first kappa shape index (κ1) is 15.1. The third kappa shape index (κ3) is 2.44. The third-order valence-corrected chi connectivity index (χ3v) is 5.54. The Morgan fingerprint density at radius 1 is 1.25 bits per heavy atom. The second-order valence-electron chi connectivity index (χ2n) is 5.39. The minimum atomic E-state index is -3.50. The molecule has 0 fully saturated rings. The molecular formula is C15H11ClN4O3S. The zero-order valence-electron chi connectivity index (χ0n) is 12.1. The maximum Gasteiger partial charge on any atom is 0.256 e. The van der Waals surface area contributed by atoms with Crippen LogP contribution in [0.5, 0.6) is 0 Å². The van der Waals surface area contributed by atoms with E-state index in [0.717, 1.165) is 0 Å². The van der Waals surface area contributed by atoms with Crippen molar-refractivity contribution in [2.45, 2.75) is 11.4 Å². The molecule has 0 bridgehead atoms. The number of carbonyl (C=O) groups is 1. The van der Waals surface area contributed by atoms with Gasteiger partial charge in [-0.15, -0.1) is 0 Å². The predicted molar refractivity (Wildman–Crippen MR) is 89.5 cm³/mol. The molecule has 0 aliphatic carbocycles. The summed E-state index contributed by atoms with van der Waals surface area (Å²) in [6.45, 7) is 0.260. The number of hydrogen-bond acceptors (Lipinski definition) is 4. The summed E-state index contributed by atoms with van der Waals surface area (Å²) in [6.07, 6.45) is 1.54. The van der Waals surface area contributed by atoms with Crippen molar-refractivity contribution in [3.63, 3.8) is 0 Å². The number of amides is 1. The predicted octanol–water partition coefficient (Wildman–Crippen LogP) is 2.26. The summed E-state index contributed by atoms with van der Waals surface area (Å²) in [5.41, 5.74) is 2.07. The highest BCUT2D eigenvalue weighted by molar-refractivity contribution is 7.89. The van der Waals surface area contributed by atoms with E-state index in [0.29, 0.717) is 32.7 Å². The highest BCUT2D eigenvalue weighted by Gasteiger charge is 2.26. The third-order valence-electron chi connectivity index (χ3n) is 3.84. The van der Waals surface area contributed by atoms with Gasteiger partial charge in [0.2, 0.25) is 10.0 Å². The quantitative estimate of drug-likeness (QED) is 0.650. The SMILES string of the molecule is O=C(Nc1ccc2c(c1)S(=O)(=O)NC2)c1cc(Cl)cc2[nH]ncc12. The molecule has 1 aliphatic rings. The molecule has 122 valence electrons. The van der Waals surface area contributed by atoms with Gasteiger partial charge in [0.15, 0.2) is 0 Å². The van der Waals surface area contributed by atoms with Gasteiger partial charge in [-0.1, -0.05) is 17.7 Å². The Hall–Kier alpha value is -2.42. The van der Waals surface area contributed by atoms with Gasteiger partial charge in [-0.25, -0.2) is 13.1 Å². The number of aromatic nitrogens is 2. The lowest BCUT2D eigenvalue weighted by atomic mass is 10.1. The molecule has 24 heavy (non-hydrogen) atoms. The van der Waals surface area contributed by atoms with E-state index in [4.69, 9.17) is 11.6 Å². The van der Waals surface area contributed by atoms with E-state index in [-0.39, 0.29) is 11.4 Å². The molecule has 0 atom stereocenters. The number of halogens is 1. The number of aromatic amines is 1. The standard InChI is InChI=1S/C15H11ClN4O3S/c16-9-3-11(12-7-17-20-13(12)4-9)15(21)19-10-2-1-8-6-18-24(22,23)14(8)5-10/h1-5,7,18H,6H2,(H,17,20)(H,19,21). The zero-order valence-corrected chi connectivity index (χ0v) is 13.7. The van der Waals surface area contributed by atoms with Crippen molar-refractivity contribution >= 4 is 44.1 Å². The molecule has 3 N–H and O–H groups in total. The molecule has 0 saturated heterocycles. The van der Waals surface area contributed by atoms with Crippen molar-refractivity contribution in [1.82, 2.24) is 14.9 Å². The Morgan fingerprint density at radius 3 is 2.92 bits per heavy atom. The number of anilines is 1. The van der Waals surface area contributed by atoms with Crippen LogP contribution in [-0.2, 0) is 16.6 Å². The van der Waals surface area contributed by atoms with Crippen LogP contribution in [0.25, 0.3) is 10.9 Å². The van der Waals surface area contributed by atoms with E-state index >= 15 is 0 Å². The largest absolute Gasteiger partial charge is 0.322 e. The van der Waals surface area contributed by atoms with Gasteiger partial charge in [0.1, 0.15) is 0 Å². The number of hydrogen-bond donors (Lipinski definition) is 3. The van der Waals surface area contributed by atoms with Crippen molar-refractivity contribution in [2.75, 3.05) is 5.32 Å². The van der Waals surface area contributed by atoms with Crippen LogP contribution in [0.3, 0.4) is 0 Å². The van der Waals surface area contributed by atoms with E-state index in [2.05, 4.69) is 20.2 Å². The van der Waals surface area contributed by atoms with Crippen molar-refractivity contribution in [3.8, 4) is 0 Å². The summed E-state index contributed by atoms with van der Waals surface area (Å²) >= 11 is 6.03. The highest BCUT2D eigenvalue weighted by Crippen LogP contribution is 2.27. The van der Waals surface area contributed by atoms with Gasteiger partial charge in [0.25, 0.3) is 5.91 Å². The Morgan fingerprint density at radius 2 is 2.08 bits per heavy atom. The lowest BCUT2D eigenvalue weighted by Gasteiger charge is -2.08. The van der Waals surface area contributed by atoms with Gasteiger partial charge >= 0.3 is 0 Å². The van der Waals surface area contributed by atoms with Crippen LogP contribution in [0, 0.1) is 0 Å². The van der Waals surface area contributed by atoms with Gasteiger partial charge in [-0.05, 0) is 29.8 Å². The fraction of sp³-hybridized carbons (Fsp3) is 0.0667. The monoisotopic (exact) mass is 362 g/mol. The van der Waals surface area contributed by atoms with Crippen LogP contribution < -0.4 is 10.0 Å². The minimum absolute atomic E-state index is 0.180. The fourth-order valence-corrected chi connectivity index (χ4v) is 4.17. The average Bonchev–Trinajstić information content (AvgIpc) is 3.11. The highest BCUT2D eigenvalue weighted by atomic mass is 35.5. The van der Waals surface area contributed by atoms with Crippen LogP contribution in [0.4, 0.5) is 5.69 Å². The second-order valence-corrected chi connectivity index (χ2v) is 7.56. The smallest absolute Gasteiger partial charge is 0.256 e. The molecular weight excluding hydrogens is 352 g/mol. The molecule has 4 rings (SSSR count). The summed E-state index contributed by atoms with van der Waals surface area (Å²) in [7, 11) is -3.50. The summed E-state index contributed by atoms with van der Waals surface area (Å²) in [6, 6.07) is 8.00. The fourth-order valence-electron chi connectivity index (χ4n) is 2.68. The topological polar surface area (TPSA) is 104 Å². The molecule has 2 aromatic carbocycles. The van der Waals surface area contributed by atoms with Gasteiger partial charge in [-0.3, -0.25) is 9.89 Å². The number of sulfonamides is 1. The number of carbonyl (C=O) groups excluding carboxylic acids is 1. The van der Waals surface area contributed by atoms with Crippen LogP contribution in [0.15, 0.2) is 41.4 Å². The number of H-pyrrole nitrogens is 1. The lowest BCUT2D eigenvalue weighted by molar-refractivity contribution is 0.102. The lowest BCUT2D eigenvalue weighted by Crippen LogP contribution is -2.14. The van der Waals surface area contributed by atoms with E-state index in [1.165, 1.54) is 12.3 Å². The molecule has 0 saturated carbocycles. The number of fused-ring (bicyclic) bond motifs is 2. The molecule has 3 aromatic rings. The number of nitrogens with one attached hydrogen (secondary N) is 3. The van der Waals surface area contributed by atoms with Crippen molar-refractivity contribution in [2.24, 2.45) is 0 Å².